The van der Waals surface area contributed by atoms with Gasteiger partial charge in [0.25, 0.3) is 0 Å². The molecule has 0 amide bonds. The third-order valence-electron chi connectivity index (χ3n) is 0.845. The molecule has 0 aliphatic carbocycles. The summed E-state index contributed by atoms with van der Waals surface area (Å²) in [4.78, 5) is 4.98. The highest BCUT2D eigenvalue weighted by molar-refractivity contribution is 4.77. The molecule has 0 aliphatic rings. The van der Waals surface area contributed by atoms with Gasteiger partial charge in [0.2, 0.25) is 0 Å². The maximum absolute atomic E-state index is 4.98. The lowest BCUT2D eigenvalue weighted by molar-refractivity contribution is 0.0490. The van der Waals surface area contributed by atoms with Crippen molar-refractivity contribution >= 4 is 0 Å². The highest BCUT2D eigenvalue weighted by atomic mass is 16.6. The highest BCUT2D eigenvalue weighted by Crippen LogP contribution is 1.74. The van der Waals surface area contributed by atoms with Gasteiger partial charge in [-0.15, -0.1) is 0 Å². The van der Waals surface area contributed by atoms with Crippen molar-refractivity contribution in [2.45, 2.75) is 20.3 Å². The first-order chi connectivity index (χ1) is 4.41. The molecule has 1 N–H and O–H groups in total. The minimum Gasteiger partial charge on any atom is -0.302 e. The van der Waals surface area contributed by atoms with E-state index in [4.69, 9.17) is 4.84 Å². The van der Waals surface area contributed by atoms with E-state index in [2.05, 4.69) is 12.4 Å². The van der Waals surface area contributed by atoms with E-state index >= 15 is 0 Å². The number of rotatable bonds is 5. The van der Waals surface area contributed by atoms with Gasteiger partial charge in [-0.2, -0.15) is 5.48 Å². The molecule has 0 spiro atoms. The third-order valence-corrected chi connectivity index (χ3v) is 0.845. The highest BCUT2D eigenvalue weighted by Gasteiger charge is 1.78. The van der Waals surface area contributed by atoms with Gasteiger partial charge in [-0.05, 0) is 13.3 Å². The lowest BCUT2D eigenvalue weighted by atomic mass is 10.5. The summed E-state index contributed by atoms with van der Waals surface area (Å²) < 4.78 is 0. The van der Waals surface area contributed by atoms with Crippen molar-refractivity contribution in [3.8, 4) is 0 Å². The number of hydrogen-bond acceptors (Lipinski definition) is 2. The summed E-state index contributed by atoms with van der Waals surface area (Å²) in [6.07, 6.45) is 5.06. The van der Waals surface area contributed by atoms with E-state index in [1.54, 1.807) is 0 Å². The molecule has 9 heavy (non-hydrogen) atoms. The Morgan fingerprint density at radius 3 is 2.89 bits per heavy atom. The topological polar surface area (TPSA) is 21.3 Å². The summed E-state index contributed by atoms with van der Waals surface area (Å²) in [5, 5.41) is 0. The van der Waals surface area contributed by atoms with Crippen LogP contribution in [0.25, 0.3) is 0 Å². The van der Waals surface area contributed by atoms with Crippen LogP contribution >= 0.6 is 0 Å². The van der Waals surface area contributed by atoms with E-state index in [9.17, 15) is 0 Å². The summed E-state index contributed by atoms with van der Waals surface area (Å²) in [5.74, 6) is 0. The zero-order chi connectivity index (χ0) is 6.95. The van der Waals surface area contributed by atoms with Crippen LogP contribution in [0.4, 0.5) is 0 Å². The minimum atomic E-state index is 0.789. The Labute approximate surface area is 56.9 Å². The number of hydroxylamine groups is 1. The van der Waals surface area contributed by atoms with E-state index in [-0.39, 0.29) is 0 Å². The molecule has 0 rings (SSSR count). The summed E-state index contributed by atoms with van der Waals surface area (Å²) in [6.45, 7) is 5.66. The summed E-state index contributed by atoms with van der Waals surface area (Å²) >= 11 is 0. The molecule has 2 heteroatoms. The fraction of sp³-hybridized carbons (Fsp3) is 0.714. The minimum absolute atomic E-state index is 0.789. The molecule has 2 nitrogen and oxygen atoms in total. The Balaban J connectivity index is 2.75. The van der Waals surface area contributed by atoms with Crippen molar-refractivity contribution in [1.82, 2.24) is 5.48 Å². The number of nitrogens with one attached hydrogen (secondary N) is 1. The Morgan fingerprint density at radius 2 is 2.33 bits per heavy atom. The molecule has 0 bridgehead atoms. The molecule has 54 valence electrons. The van der Waals surface area contributed by atoms with Gasteiger partial charge in [-0.25, -0.2) is 0 Å². The number of hydrogen-bond donors (Lipinski definition) is 1. The molecule has 0 unspecified atom stereocenters. The Hall–Kier alpha value is -0.340. The Kier molecular flexibility index (Phi) is 7.37. The van der Waals surface area contributed by atoms with Crippen LogP contribution in [0.1, 0.15) is 20.3 Å². The molecule has 0 heterocycles. The second-order valence-electron chi connectivity index (χ2n) is 1.77. The summed E-state index contributed by atoms with van der Waals surface area (Å²) in [7, 11) is 0. The lowest BCUT2D eigenvalue weighted by Gasteiger charge is -1.98. The molecular formula is C7H15NO. The largest absolute Gasteiger partial charge is 0.302 e. The monoisotopic (exact) mass is 129 g/mol. The predicted molar refractivity (Wildman–Crippen MR) is 39.1 cm³/mol. The molecule has 0 fully saturated rings. The first-order valence-electron chi connectivity index (χ1n) is 3.37. The van der Waals surface area contributed by atoms with Gasteiger partial charge >= 0.3 is 0 Å². The normalized spacial score (nSPS) is 10.9. The number of allylic oxidation sites excluding steroid dienone is 1. The second kappa shape index (κ2) is 7.66. The van der Waals surface area contributed by atoms with Crippen LogP contribution in [-0.4, -0.2) is 13.2 Å². The van der Waals surface area contributed by atoms with Crippen molar-refractivity contribution in [3.05, 3.63) is 12.2 Å². The van der Waals surface area contributed by atoms with Gasteiger partial charge in [0.1, 0.15) is 0 Å². The maximum Gasteiger partial charge on any atom is 0.0679 e. The lowest BCUT2D eigenvalue weighted by Crippen LogP contribution is -2.14. The summed E-state index contributed by atoms with van der Waals surface area (Å²) in [6, 6.07) is 0. The van der Waals surface area contributed by atoms with Crippen LogP contribution in [-0.2, 0) is 4.84 Å². The summed E-state index contributed by atoms with van der Waals surface area (Å²) in [5.41, 5.74) is 2.80. The average Bonchev–Trinajstić information content (AvgIpc) is 1.89. The van der Waals surface area contributed by atoms with E-state index in [0.29, 0.717) is 0 Å². The van der Waals surface area contributed by atoms with E-state index < -0.39 is 0 Å². The van der Waals surface area contributed by atoms with Crippen molar-refractivity contribution in [3.63, 3.8) is 0 Å². The van der Waals surface area contributed by atoms with Crippen molar-refractivity contribution in [2.75, 3.05) is 13.2 Å². The van der Waals surface area contributed by atoms with Gasteiger partial charge in [0.15, 0.2) is 0 Å². The molecule has 0 atom stereocenters. The molecule has 0 aromatic heterocycles. The van der Waals surface area contributed by atoms with Gasteiger partial charge in [0, 0.05) is 6.54 Å². The van der Waals surface area contributed by atoms with Gasteiger partial charge in [-0.1, -0.05) is 19.1 Å². The zero-order valence-corrected chi connectivity index (χ0v) is 6.18. The molecule has 0 saturated carbocycles. The molecule has 0 aliphatic heterocycles. The third kappa shape index (κ3) is 7.66. The van der Waals surface area contributed by atoms with Crippen LogP contribution in [0.5, 0.6) is 0 Å². The van der Waals surface area contributed by atoms with Gasteiger partial charge in [-0.3, -0.25) is 0 Å². The second-order valence-corrected chi connectivity index (χ2v) is 1.77. The van der Waals surface area contributed by atoms with Crippen molar-refractivity contribution < 1.29 is 4.84 Å². The quantitative estimate of drug-likeness (QED) is 0.345. The predicted octanol–water partition coefficient (Wildman–Crippen LogP) is 1.49. The fourth-order valence-electron chi connectivity index (χ4n) is 0.399. The van der Waals surface area contributed by atoms with Crippen molar-refractivity contribution in [2.24, 2.45) is 0 Å². The Morgan fingerprint density at radius 1 is 1.56 bits per heavy atom. The molecule has 0 aromatic rings. The SMILES string of the molecule is C/C=C/CNOCCC. The first-order valence-corrected chi connectivity index (χ1v) is 3.37. The smallest absolute Gasteiger partial charge is 0.0679 e. The van der Waals surface area contributed by atoms with Crippen LogP contribution in [0.15, 0.2) is 12.2 Å². The van der Waals surface area contributed by atoms with Crippen molar-refractivity contribution in [1.29, 1.82) is 0 Å². The van der Waals surface area contributed by atoms with E-state index in [0.717, 1.165) is 19.6 Å². The first kappa shape index (κ1) is 8.66. The standard InChI is InChI=1S/C7H15NO/c1-3-5-6-8-9-7-4-2/h3,5,8H,4,6-7H2,1-2H3/b5-3+. The van der Waals surface area contributed by atoms with Crippen LogP contribution < -0.4 is 5.48 Å². The van der Waals surface area contributed by atoms with E-state index in [1.165, 1.54) is 0 Å². The average molecular weight is 129 g/mol. The van der Waals surface area contributed by atoms with Crippen LogP contribution in [0.2, 0.25) is 0 Å². The van der Waals surface area contributed by atoms with E-state index in [1.807, 2.05) is 19.1 Å². The molecule has 0 radical (unpaired) electrons. The van der Waals surface area contributed by atoms with Gasteiger partial charge < -0.3 is 4.84 Å². The molecule has 0 saturated heterocycles. The zero-order valence-electron chi connectivity index (χ0n) is 6.18. The van der Waals surface area contributed by atoms with Gasteiger partial charge in [0.05, 0.1) is 6.61 Å². The molecular weight excluding hydrogens is 114 g/mol. The van der Waals surface area contributed by atoms with Crippen LogP contribution in [0.3, 0.4) is 0 Å². The maximum atomic E-state index is 4.98. The fourth-order valence-corrected chi connectivity index (χ4v) is 0.399. The molecule has 0 aromatic carbocycles. The van der Waals surface area contributed by atoms with Crippen LogP contribution in [0, 0.1) is 0 Å². The Bertz CT molecular complexity index is 71.3.